The zero-order valence-electron chi connectivity index (χ0n) is 9.51. The van der Waals surface area contributed by atoms with Gasteiger partial charge in [-0.05, 0) is 49.5 Å². The molecule has 2 unspecified atom stereocenters. The van der Waals surface area contributed by atoms with Gasteiger partial charge in [0.1, 0.15) is 0 Å². The summed E-state index contributed by atoms with van der Waals surface area (Å²) in [5, 5.41) is 3.49. The largest absolute Gasteiger partial charge is 0.383 e. The normalized spacial score (nSPS) is 36.0. The van der Waals surface area contributed by atoms with Crippen LogP contribution in [0.15, 0.2) is 0 Å². The summed E-state index contributed by atoms with van der Waals surface area (Å²) in [5.74, 6) is 2.05. The van der Waals surface area contributed by atoms with Crippen LogP contribution in [0.3, 0.4) is 0 Å². The Balaban J connectivity index is 1.64. The maximum absolute atomic E-state index is 5.02. The molecule has 2 aliphatic carbocycles. The van der Waals surface area contributed by atoms with Crippen molar-refractivity contribution in [3.05, 3.63) is 0 Å². The lowest BCUT2D eigenvalue weighted by Gasteiger charge is -2.14. The van der Waals surface area contributed by atoms with E-state index in [0.29, 0.717) is 0 Å². The van der Waals surface area contributed by atoms with Crippen LogP contribution in [0.5, 0.6) is 0 Å². The van der Waals surface area contributed by atoms with Gasteiger partial charge in [-0.25, -0.2) is 0 Å². The zero-order chi connectivity index (χ0) is 10.0. The fourth-order valence-electron chi connectivity index (χ4n) is 3.01. The van der Waals surface area contributed by atoms with Gasteiger partial charge in [0.25, 0.3) is 0 Å². The third-order valence-electron chi connectivity index (χ3n) is 4.20. The van der Waals surface area contributed by atoms with Gasteiger partial charge in [-0.3, -0.25) is 0 Å². The van der Waals surface area contributed by atoms with Crippen LogP contribution >= 0.6 is 0 Å². The molecule has 0 aromatic rings. The topological polar surface area (TPSA) is 21.3 Å². The summed E-state index contributed by atoms with van der Waals surface area (Å²) in [6.07, 6.45) is 5.88. The van der Waals surface area contributed by atoms with E-state index in [0.717, 1.165) is 30.4 Å². The fraction of sp³-hybridized carbons (Fsp3) is 1.00. The van der Waals surface area contributed by atoms with Crippen molar-refractivity contribution in [3.8, 4) is 0 Å². The van der Waals surface area contributed by atoms with E-state index < -0.39 is 0 Å². The van der Waals surface area contributed by atoms with Gasteiger partial charge in [0.2, 0.25) is 0 Å². The summed E-state index contributed by atoms with van der Waals surface area (Å²) in [6, 6.07) is 0. The first-order chi connectivity index (χ1) is 6.83. The Morgan fingerprint density at radius 2 is 2.21 bits per heavy atom. The van der Waals surface area contributed by atoms with Gasteiger partial charge in [0.15, 0.2) is 0 Å². The highest BCUT2D eigenvalue weighted by Gasteiger charge is 2.59. The number of nitrogens with one attached hydrogen (secondary N) is 1. The van der Waals surface area contributed by atoms with E-state index in [-0.39, 0.29) is 0 Å². The molecule has 0 spiro atoms. The van der Waals surface area contributed by atoms with Gasteiger partial charge < -0.3 is 10.1 Å². The van der Waals surface area contributed by atoms with Gasteiger partial charge in [0, 0.05) is 13.7 Å². The highest BCUT2D eigenvalue weighted by Crippen LogP contribution is 2.67. The number of rotatable bonds is 7. The summed E-state index contributed by atoms with van der Waals surface area (Å²) < 4.78 is 5.02. The Morgan fingerprint density at radius 3 is 2.79 bits per heavy atom. The van der Waals surface area contributed by atoms with E-state index in [2.05, 4.69) is 12.2 Å². The molecule has 2 heteroatoms. The molecule has 2 saturated carbocycles. The summed E-state index contributed by atoms with van der Waals surface area (Å²) in [4.78, 5) is 0. The maximum atomic E-state index is 5.02. The Bertz CT molecular complexity index is 191. The van der Waals surface area contributed by atoms with Gasteiger partial charge in [-0.2, -0.15) is 0 Å². The quantitative estimate of drug-likeness (QED) is 0.631. The van der Waals surface area contributed by atoms with Gasteiger partial charge in [-0.15, -0.1) is 0 Å². The first-order valence-corrected chi connectivity index (χ1v) is 6.03. The third-order valence-corrected chi connectivity index (χ3v) is 4.20. The molecule has 2 fully saturated rings. The molecular formula is C12H23NO. The van der Waals surface area contributed by atoms with Crippen molar-refractivity contribution in [2.24, 2.45) is 17.3 Å². The van der Waals surface area contributed by atoms with E-state index in [4.69, 9.17) is 4.74 Å². The second-order valence-electron chi connectivity index (χ2n) is 4.96. The first-order valence-electron chi connectivity index (χ1n) is 6.03. The van der Waals surface area contributed by atoms with Gasteiger partial charge in [0.05, 0.1) is 6.61 Å². The molecule has 2 rings (SSSR count). The molecular weight excluding hydrogens is 174 g/mol. The molecule has 0 saturated heterocycles. The van der Waals surface area contributed by atoms with Crippen LogP contribution in [-0.4, -0.2) is 26.8 Å². The minimum absolute atomic E-state index is 0.764. The van der Waals surface area contributed by atoms with Crippen LogP contribution in [-0.2, 0) is 4.74 Å². The fourth-order valence-corrected chi connectivity index (χ4v) is 3.01. The molecule has 0 amide bonds. The number of hydrogen-bond acceptors (Lipinski definition) is 2. The molecule has 0 heterocycles. The Labute approximate surface area is 87.4 Å². The zero-order valence-corrected chi connectivity index (χ0v) is 9.51. The standard InChI is InChI=1S/C12H23NO/c1-3-12(10-4-5-10)8-11(12)9-13-6-7-14-2/h10-11,13H,3-9H2,1-2H3. The van der Waals surface area contributed by atoms with Crippen molar-refractivity contribution < 1.29 is 4.74 Å². The Morgan fingerprint density at radius 1 is 1.43 bits per heavy atom. The molecule has 14 heavy (non-hydrogen) atoms. The van der Waals surface area contributed by atoms with Gasteiger partial charge >= 0.3 is 0 Å². The molecule has 2 aliphatic rings. The van der Waals surface area contributed by atoms with Crippen LogP contribution in [0, 0.1) is 17.3 Å². The summed E-state index contributed by atoms with van der Waals surface area (Å²) in [7, 11) is 1.76. The van der Waals surface area contributed by atoms with Crippen molar-refractivity contribution in [1.82, 2.24) is 5.32 Å². The van der Waals surface area contributed by atoms with E-state index in [1.54, 1.807) is 7.11 Å². The van der Waals surface area contributed by atoms with Crippen LogP contribution < -0.4 is 5.32 Å². The lowest BCUT2D eigenvalue weighted by atomic mass is 9.94. The molecule has 2 atom stereocenters. The average molecular weight is 197 g/mol. The van der Waals surface area contributed by atoms with Crippen LogP contribution in [0.1, 0.15) is 32.6 Å². The van der Waals surface area contributed by atoms with Crippen molar-refractivity contribution in [2.45, 2.75) is 32.6 Å². The van der Waals surface area contributed by atoms with Crippen LogP contribution in [0.2, 0.25) is 0 Å². The molecule has 0 radical (unpaired) electrons. The minimum atomic E-state index is 0.764. The van der Waals surface area contributed by atoms with Crippen molar-refractivity contribution in [2.75, 3.05) is 26.8 Å². The molecule has 2 nitrogen and oxygen atoms in total. The molecule has 1 N–H and O–H groups in total. The SMILES string of the molecule is CCC1(C2CC2)CC1CNCCOC. The van der Waals surface area contributed by atoms with E-state index >= 15 is 0 Å². The maximum Gasteiger partial charge on any atom is 0.0587 e. The molecule has 0 bridgehead atoms. The van der Waals surface area contributed by atoms with Crippen molar-refractivity contribution >= 4 is 0 Å². The van der Waals surface area contributed by atoms with Crippen LogP contribution in [0.25, 0.3) is 0 Å². The predicted octanol–water partition coefficient (Wildman–Crippen LogP) is 2.05. The highest BCUT2D eigenvalue weighted by molar-refractivity contribution is 5.09. The van der Waals surface area contributed by atoms with E-state index in [1.807, 2.05) is 0 Å². The Hall–Kier alpha value is -0.0800. The van der Waals surface area contributed by atoms with E-state index in [9.17, 15) is 0 Å². The molecule has 0 aromatic heterocycles. The van der Waals surface area contributed by atoms with Crippen LogP contribution in [0.4, 0.5) is 0 Å². The average Bonchev–Trinajstić information content (AvgIpc) is 3.04. The molecule has 0 aliphatic heterocycles. The summed E-state index contributed by atoms with van der Waals surface area (Å²) in [5.41, 5.74) is 0.764. The highest BCUT2D eigenvalue weighted by atomic mass is 16.5. The lowest BCUT2D eigenvalue weighted by molar-refractivity contribution is 0.198. The second-order valence-corrected chi connectivity index (χ2v) is 4.96. The van der Waals surface area contributed by atoms with Crippen molar-refractivity contribution in [3.63, 3.8) is 0 Å². The predicted molar refractivity (Wildman–Crippen MR) is 58.3 cm³/mol. The number of methoxy groups -OCH3 is 1. The number of hydrogen-bond donors (Lipinski definition) is 1. The smallest absolute Gasteiger partial charge is 0.0587 e. The van der Waals surface area contributed by atoms with Crippen molar-refractivity contribution in [1.29, 1.82) is 0 Å². The summed E-state index contributed by atoms with van der Waals surface area (Å²) >= 11 is 0. The lowest BCUT2D eigenvalue weighted by Crippen LogP contribution is -2.24. The third kappa shape index (κ3) is 1.96. The Kier molecular flexibility index (Phi) is 3.13. The first kappa shape index (κ1) is 10.4. The van der Waals surface area contributed by atoms with E-state index in [1.165, 1.54) is 32.2 Å². The second kappa shape index (κ2) is 4.19. The monoisotopic (exact) mass is 197 g/mol. The minimum Gasteiger partial charge on any atom is -0.383 e. The number of ether oxygens (including phenoxy) is 1. The summed E-state index contributed by atoms with van der Waals surface area (Å²) in [6.45, 7) is 5.44. The van der Waals surface area contributed by atoms with Gasteiger partial charge in [-0.1, -0.05) is 6.92 Å². The molecule has 82 valence electrons. The molecule has 0 aromatic carbocycles.